The molecule has 3 N–H and O–H groups in total. The number of halogens is 1. The van der Waals surface area contributed by atoms with Gasteiger partial charge in [0.25, 0.3) is 0 Å². The Bertz CT molecular complexity index is 588. The summed E-state index contributed by atoms with van der Waals surface area (Å²) in [6.07, 6.45) is 1.65. The second-order valence-electron chi connectivity index (χ2n) is 5.51. The molecule has 0 aliphatic carbocycles. The SMILES string of the molecule is Cc1nn(C)c(CC(Cc2c(C)nn(C)c2C)NN)c1Br. The van der Waals surface area contributed by atoms with Crippen molar-refractivity contribution in [1.82, 2.24) is 25.0 Å². The average Bonchev–Trinajstić information content (AvgIpc) is 2.81. The Balaban J connectivity index is 2.21. The second-order valence-corrected chi connectivity index (χ2v) is 6.31. The third-order valence-corrected chi connectivity index (χ3v) is 5.08. The molecule has 0 radical (unpaired) electrons. The Morgan fingerprint density at radius 1 is 1.10 bits per heavy atom. The van der Waals surface area contributed by atoms with Crippen molar-refractivity contribution in [3.8, 4) is 0 Å². The van der Waals surface area contributed by atoms with Crippen LogP contribution in [0.2, 0.25) is 0 Å². The third kappa shape index (κ3) is 3.20. The van der Waals surface area contributed by atoms with E-state index < -0.39 is 0 Å². The summed E-state index contributed by atoms with van der Waals surface area (Å²) in [5.41, 5.74) is 8.59. The lowest BCUT2D eigenvalue weighted by atomic mass is 10.0. The van der Waals surface area contributed by atoms with Gasteiger partial charge < -0.3 is 0 Å². The summed E-state index contributed by atoms with van der Waals surface area (Å²) in [5, 5.41) is 8.89. The molecular weight excluding hydrogens is 332 g/mol. The number of aryl methyl sites for hydroxylation is 4. The fourth-order valence-corrected chi connectivity index (χ4v) is 3.18. The van der Waals surface area contributed by atoms with Gasteiger partial charge >= 0.3 is 0 Å². The van der Waals surface area contributed by atoms with Crippen molar-refractivity contribution in [2.24, 2.45) is 19.9 Å². The predicted molar refractivity (Wildman–Crippen MR) is 86.8 cm³/mol. The molecule has 1 atom stereocenters. The van der Waals surface area contributed by atoms with Crippen LogP contribution < -0.4 is 11.3 Å². The fraction of sp³-hybridized carbons (Fsp3) is 0.571. The third-order valence-electron chi connectivity index (χ3n) is 4.05. The van der Waals surface area contributed by atoms with E-state index in [0.29, 0.717) is 0 Å². The van der Waals surface area contributed by atoms with Gasteiger partial charge in [0.15, 0.2) is 0 Å². The Labute approximate surface area is 133 Å². The molecule has 0 aliphatic rings. The predicted octanol–water partition coefficient (Wildman–Crippen LogP) is 1.46. The van der Waals surface area contributed by atoms with Crippen LogP contribution in [-0.4, -0.2) is 25.6 Å². The summed E-state index contributed by atoms with van der Waals surface area (Å²) in [4.78, 5) is 0. The Hall–Kier alpha value is -1.18. The van der Waals surface area contributed by atoms with E-state index in [1.54, 1.807) is 0 Å². The van der Waals surface area contributed by atoms with Crippen molar-refractivity contribution >= 4 is 15.9 Å². The highest BCUT2D eigenvalue weighted by atomic mass is 79.9. The molecule has 0 aliphatic heterocycles. The lowest BCUT2D eigenvalue weighted by Gasteiger charge is -2.16. The van der Waals surface area contributed by atoms with Gasteiger partial charge in [-0.3, -0.25) is 20.6 Å². The van der Waals surface area contributed by atoms with Gasteiger partial charge in [-0.1, -0.05) is 0 Å². The van der Waals surface area contributed by atoms with Crippen LogP contribution in [0.5, 0.6) is 0 Å². The molecule has 0 saturated carbocycles. The Kier molecular flexibility index (Phi) is 4.85. The van der Waals surface area contributed by atoms with Gasteiger partial charge in [0.05, 0.1) is 21.6 Å². The first kappa shape index (κ1) is 16.2. The monoisotopic (exact) mass is 354 g/mol. The molecule has 2 aromatic heterocycles. The Morgan fingerprint density at radius 2 is 1.71 bits per heavy atom. The highest BCUT2D eigenvalue weighted by molar-refractivity contribution is 9.10. The van der Waals surface area contributed by atoms with Crippen molar-refractivity contribution < 1.29 is 0 Å². The van der Waals surface area contributed by atoms with E-state index in [4.69, 9.17) is 5.84 Å². The van der Waals surface area contributed by atoms with Gasteiger partial charge in [0.2, 0.25) is 0 Å². The smallest absolute Gasteiger partial charge is 0.0738 e. The fourth-order valence-electron chi connectivity index (χ4n) is 2.68. The maximum absolute atomic E-state index is 5.76. The number of nitrogens with zero attached hydrogens (tertiary/aromatic N) is 4. The quantitative estimate of drug-likeness (QED) is 0.629. The number of nitrogens with two attached hydrogens (primary N) is 1. The maximum atomic E-state index is 5.76. The zero-order valence-corrected chi connectivity index (χ0v) is 14.8. The van der Waals surface area contributed by atoms with Crippen LogP contribution in [0.4, 0.5) is 0 Å². The summed E-state index contributed by atoms with van der Waals surface area (Å²) in [6.45, 7) is 6.13. The maximum Gasteiger partial charge on any atom is 0.0738 e. The largest absolute Gasteiger partial charge is 0.272 e. The lowest BCUT2D eigenvalue weighted by molar-refractivity contribution is 0.502. The van der Waals surface area contributed by atoms with E-state index in [-0.39, 0.29) is 6.04 Å². The molecule has 1 unspecified atom stereocenters. The van der Waals surface area contributed by atoms with Crippen LogP contribution in [0, 0.1) is 20.8 Å². The minimum Gasteiger partial charge on any atom is -0.272 e. The molecule has 21 heavy (non-hydrogen) atoms. The molecule has 116 valence electrons. The minimum atomic E-state index is 0.137. The first-order valence-corrected chi connectivity index (χ1v) is 7.77. The minimum absolute atomic E-state index is 0.137. The molecule has 0 fully saturated rings. The van der Waals surface area contributed by atoms with E-state index in [1.807, 2.05) is 37.3 Å². The molecule has 2 heterocycles. The van der Waals surface area contributed by atoms with E-state index in [0.717, 1.165) is 34.4 Å². The van der Waals surface area contributed by atoms with Crippen LogP contribution >= 0.6 is 15.9 Å². The molecule has 0 spiro atoms. The zero-order valence-electron chi connectivity index (χ0n) is 13.2. The first-order chi connectivity index (χ1) is 9.85. The van der Waals surface area contributed by atoms with Gasteiger partial charge in [-0.25, -0.2) is 0 Å². The molecule has 0 amide bonds. The topological polar surface area (TPSA) is 73.7 Å². The lowest BCUT2D eigenvalue weighted by Crippen LogP contribution is -2.39. The van der Waals surface area contributed by atoms with Crippen molar-refractivity contribution in [2.45, 2.75) is 39.7 Å². The van der Waals surface area contributed by atoms with Gasteiger partial charge in [-0.2, -0.15) is 10.2 Å². The van der Waals surface area contributed by atoms with Crippen LogP contribution in [0.15, 0.2) is 4.47 Å². The molecule has 0 aromatic carbocycles. The molecule has 7 heteroatoms. The van der Waals surface area contributed by atoms with Crippen molar-refractivity contribution in [1.29, 1.82) is 0 Å². The molecule has 6 nitrogen and oxygen atoms in total. The van der Waals surface area contributed by atoms with Gasteiger partial charge in [0.1, 0.15) is 0 Å². The number of rotatable bonds is 5. The molecule has 0 saturated heterocycles. The summed E-state index contributed by atoms with van der Waals surface area (Å²) < 4.78 is 4.89. The summed E-state index contributed by atoms with van der Waals surface area (Å²) >= 11 is 3.61. The summed E-state index contributed by atoms with van der Waals surface area (Å²) in [7, 11) is 3.93. The number of hydrazine groups is 1. The van der Waals surface area contributed by atoms with Crippen LogP contribution in [0.1, 0.15) is 28.3 Å². The van der Waals surface area contributed by atoms with E-state index in [9.17, 15) is 0 Å². The van der Waals surface area contributed by atoms with E-state index in [1.165, 1.54) is 11.3 Å². The molecule has 0 bridgehead atoms. The zero-order chi connectivity index (χ0) is 15.7. The van der Waals surface area contributed by atoms with Crippen LogP contribution in [0.25, 0.3) is 0 Å². The van der Waals surface area contributed by atoms with Crippen LogP contribution in [0.3, 0.4) is 0 Å². The first-order valence-electron chi connectivity index (χ1n) is 6.98. The second kappa shape index (κ2) is 6.29. The number of nitrogens with one attached hydrogen (secondary N) is 1. The molecule has 2 aromatic rings. The number of hydrogen-bond donors (Lipinski definition) is 2. The van der Waals surface area contributed by atoms with Gasteiger partial charge in [0, 0.05) is 32.3 Å². The van der Waals surface area contributed by atoms with Crippen LogP contribution in [-0.2, 0) is 26.9 Å². The summed E-state index contributed by atoms with van der Waals surface area (Å²) in [6, 6.07) is 0.137. The molecule has 2 rings (SSSR count). The number of hydrogen-bond acceptors (Lipinski definition) is 4. The van der Waals surface area contributed by atoms with Gasteiger partial charge in [-0.15, -0.1) is 0 Å². The standard InChI is InChI=1S/C14H23BrN6/c1-8-12(10(3)20(4)18-8)6-11(17-16)7-13-14(15)9(2)19-21(13)5/h11,17H,6-7,16H2,1-5H3. The average molecular weight is 355 g/mol. The van der Waals surface area contributed by atoms with Crippen molar-refractivity contribution in [3.63, 3.8) is 0 Å². The van der Waals surface area contributed by atoms with Gasteiger partial charge in [-0.05, 0) is 48.7 Å². The highest BCUT2D eigenvalue weighted by Gasteiger charge is 2.19. The number of aromatic nitrogens is 4. The van der Waals surface area contributed by atoms with Crippen molar-refractivity contribution in [3.05, 3.63) is 32.8 Å². The van der Waals surface area contributed by atoms with E-state index >= 15 is 0 Å². The molecular formula is C14H23BrN6. The Morgan fingerprint density at radius 3 is 2.14 bits per heavy atom. The van der Waals surface area contributed by atoms with E-state index in [2.05, 4.69) is 38.5 Å². The van der Waals surface area contributed by atoms with Crippen molar-refractivity contribution in [2.75, 3.05) is 0 Å². The normalized spacial score (nSPS) is 12.9. The highest BCUT2D eigenvalue weighted by Crippen LogP contribution is 2.23. The summed E-state index contributed by atoms with van der Waals surface area (Å²) in [5.74, 6) is 5.76.